The number of aromatic hydroxyl groups is 1. The molecular weight excluding hydrogens is 204 g/mol. The molecule has 82 valence electrons. The second kappa shape index (κ2) is 4.57. The van der Waals surface area contributed by atoms with Gasteiger partial charge in [0, 0.05) is 6.07 Å². The topological polar surface area (TPSA) is 38.7 Å². The number of ether oxygens (including phenoxy) is 2. The van der Waals surface area contributed by atoms with Crippen LogP contribution in [-0.2, 0) is 0 Å². The zero-order chi connectivity index (χ0) is 11.4. The molecule has 2 rings (SSSR count). The number of para-hydroxylation sites is 1. The fourth-order valence-corrected chi connectivity index (χ4v) is 1.33. The Bertz CT molecular complexity index is 466. The van der Waals surface area contributed by atoms with Crippen LogP contribution in [0.1, 0.15) is 0 Å². The summed E-state index contributed by atoms with van der Waals surface area (Å²) in [6.07, 6.45) is 0. The number of methoxy groups -OCH3 is 1. The van der Waals surface area contributed by atoms with E-state index in [1.807, 2.05) is 30.3 Å². The van der Waals surface area contributed by atoms with E-state index in [1.165, 1.54) is 6.07 Å². The number of hydrogen-bond acceptors (Lipinski definition) is 3. The minimum atomic E-state index is 0.0585. The zero-order valence-electron chi connectivity index (χ0n) is 8.88. The fraction of sp³-hybridized carbons (Fsp3) is 0.0769. The molecule has 2 aromatic rings. The van der Waals surface area contributed by atoms with Crippen molar-refractivity contribution < 1.29 is 14.6 Å². The Hall–Kier alpha value is -2.16. The molecule has 3 heteroatoms. The molecule has 16 heavy (non-hydrogen) atoms. The van der Waals surface area contributed by atoms with Crippen LogP contribution in [0.4, 0.5) is 0 Å². The van der Waals surface area contributed by atoms with Crippen LogP contribution in [0.25, 0.3) is 0 Å². The molecule has 0 unspecified atom stereocenters. The van der Waals surface area contributed by atoms with Crippen LogP contribution in [-0.4, -0.2) is 12.2 Å². The van der Waals surface area contributed by atoms with Crippen molar-refractivity contribution in [1.82, 2.24) is 0 Å². The van der Waals surface area contributed by atoms with Crippen LogP contribution in [0.15, 0.2) is 48.5 Å². The highest BCUT2D eigenvalue weighted by atomic mass is 16.5. The average Bonchev–Trinajstić information content (AvgIpc) is 2.33. The quantitative estimate of drug-likeness (QED) is 0.856. The molecule has 0 aromatic heterocycles. The van der Waals surface area contributed by atoms with Gasteiger partial charge >= 0.3 is 0 Å². The normalized spacial score (nSPS) is 9.81. The molecule has 0 radical (unpaired) electrons. The van der Waals surface area contributed by atoms with Gasteiger partial charge in [-0.15, -0.1) is 0 Å². The van der Waals surface area contributed by atoms with Crippen molar-refractivity contribution in [2.45, 2.75) is 0 Å². The number of phenolic OH excluding ortho intramolecular Hbond substituents is 1. The molecule has 0 bridgehead atoms. The predicted molar refractivity (Wildman–Crippen MR) is 61.2 cm³/mol. The van der Waals surface area contributed by atoms with Crippen LogP contribution in [0.5, 0.6) is 23.0 Å². The first-order valence-electron chi connectivity index (χ1n) is 4.89. The van der Waals surface area contributed by atoms with Crippen molar-refractivity contribution in [2.75, 3.05) is 7.11 Å². The highest BCUT2D eigenvalue weighted by Gasteiger charge is 2.04. The van der Waals surface area contributed by atoms with Gasteiger partial charge in [-0.05, 0) is 24.3 Å². The summed E-state index contributed by atoms with van der Waals surface area (Å²) >= 11 is 0. The highest BCUT2D eigenvalue weighted by molar-refractivity contribution is 5.46. The lowest BCUT2D eigenvalue weighted by molar-refractivity contribution is 0.390. The molecule has 1 N–H and O–H groups in total. The lowest BCUT2D eigenvalue weighted by atomic mass is 10.3. The van der Waals surface area contributed by atoms with Crippen LogP contribution in [0.2, 0.25) is 0 Å². The van der Waals surface area contributed by atoms with E-state index in [9.17, 15) is 5.11 Å². The van der Waals surface area contributed by atoms with Gasteiger partial charge in [-0.3, -0.25) is 0 Å². The van der Waals surface area contributed by atoms with Crippen LogP contribution in [0, 0.1) is 0 Å². The molecule has 0 heterocycles. The maximum Gasteiger partial charge on any atom is 0.169 e. The van der Waals surface area contributed by atoms with E-state index in [-0.39, 0.29) is 5.75 Å². The van der Waals surface area contributed by atoms with Gasteiger partial charge in [0.2, 0.25) is 0 Å². The molecule has 0 spiro atoms. The Morgan fingerprint density at radius 1 is 0.938 bits per heavy atom. The zero-order valence-corrected chi connectivity index (χ0v) is 8.88. The SMILES string of the molecule is COc1ccc(Oc2ccccc2)c(O)c1. The minimum Gasteiger partial charge on any atom is -0.504 e. The van der Waals surface area contributed by atoms with E-state index in [0.717, 1.165) is 0 Å². The molecule has 0 fully saturated rings. The van der Waals surface area contributed by atoms with E-state index < -0.39 is 0 Å². The van der Waals surface area contributed by atoms with E-state index >= 15 is 0 Å². The van der Waals surface area contributed by atoms with Gasteiger partial charge in [0.15, 0.2) is 11.5 Å². The summed E-state index contributed by atoms with van der Waals surface area (Å²) in [5.41, 5.74) is 0. The van der Waals surface area contributed by atoms with E-state index in [2.05, 4.69) is 0 Å². The van der Waals surface area contributed by atoms with Crippen molar-refractivity contribution in [2.24, 2.45) is 0 Å². The summed E-state index contributed by atoms with van der Waals surface area (Å²) in [6.45, 7) is 0. The third kappa shape index (κ3) is 2.25. The Labute approximate surface area is 93.9 Å². The van der Waals surface area contributed by atoms with Crippen molar-refractivity contribution in [1.29, 1.82) is 0 Å². The Morgan fingerprint density at radius 3 is 2.31 bits per heavy atom. The lowest BCUT2D eigenvalue weighted by Crippen LogP contribution is -1.86. The van der Waals surface area contributed by atoms with E-state index in [1.54, 1.807) is 19.2 Å². The van der Waals surface area contributed by atoms with Gasteiger partial charge in [-0.25, -0.2) is 0 Å². The first-order chi connectivity index (χ1) is 7.79. The van der Waals surface area contributed by atoms with Gasteiger partial charge in [-0.2, -0.15) is 0 Å². The number of benzene rings is 2. The summed E-state index contributed by atoms with van der Waals surface area (Å²) in [6, 6.07) is 14.2. The van der Waals surface area contributed by atoms with Crippen molar-refractivity contribution in [3.63, 3.8) is 0 Å². The molecule has 0 saturated carbocycles. The maximum atomic E-state index is 9.68. The molecule has 0 saturated heterocycles. The first kappa shape index (κ1) is 10.4. The van der Waals surface area contributed by atoms with Gasteiger partial charge in [0.25, 0.3) is 0 Å². The van der Waals surface area contributed by atoms with Crippen LogP contribution < -0.4 is 9.47 Å². The standard InChI is InChI=1S/C13H12O3/c1-15-11-7-8-13(12(14)9-11)16-10-5-3-2-4-6-10/h2-9,14H,1H3. The third-order valence-corrected chi connectivity index (χ3v) is 2.14. The predicted octanol–water partition coefficient (Wildman–Crippen LogP) is 3.19. The fourth-order valence-electron chi connectivity index (χ4n) is 1.33. The van der Waals surface area contributed by atoms with Crippen LogP contribution in [0.3, 0.4) is 0 Å². The average molecular weight is 216 g/mol. The van der Waals surface area contributed by atoms with E-state index in [0.29, 0.717) is 17.2 Å². The largest absolute Gasteiger partial charge is 0.504 e. The molecule has 0 aliphatic heterocycles. The van der Waals surface area contributed by atoms with Crippen molar-refractivity contribution >= 4 is 0 Å². The van der Waals surface area contributed by atoms with Crippen molar-refractivity contribution in [3.8, 4) is 23.0 Å². The molecular formula is C13H12O3. The Kier molecular flexibility index (Phi) is 2.96. The van der Waals surface area contributed by atoms with Gasteiger partial charge in [0.1, 0.15) is 11.5 Å². The monoisotopic (exact) mass is 216 g/mol. The number of phenols is 1. The molecule has 0 atom stereocenters. The second-order valence-corrected chi connectivity index (χ2v) is 3.25. The molecule has 2 aromatic carbocycles. The molecule has 0 aliphatic rings. The molecule has 0 aliphatic carbocycles. The van der Waals surface area contributed by atoms with Gasteiger partial charge in [-0.1, -0.05) is 18.2 Å². The number of rotatable bonds is 3. The highest BCUT2D eigenvalue weighted by Crippen LogP contribution is 2.33. The maximum absolute atomic E-state index is 9.68. The summed E-state index contributed by atoms with van der Waals surface area (Å²) in [7, 11) is 1.55. The van der Waals surface area contributed by atoms with Crippen molar-refractivity contribution in [3.05, 3.63) is 48.5 Å². The minimum absolute atomic E-state index is 0.0585. The second-order valence-electron chi connectivity index (χ2n) is 3.25. The van der Waals surface area contributed by atoms with Gasteiger partial charge < -0.3 is 14.6 Å². The molecule has 3 nitrogen and oxygen atoms in total. The molecule has 0 amide bonds. The van der Waals surface area contributed by atoms with E-state index in [4.69, 9.17) is 9.47 Å². The lowest BCUT2D eigenvalue weighted by Gasteiger charge is -2.08. The number of hydrogen-bond donors (Lipinski definition) is 1. The third-order valence-electron chi connectivity index (χ3n) is 2.14. The van der Waals surface area contributed by atoms with Gasteiger partial charge in [0.05, 0.1) is 7.11 Å². The Morgan fingerprint density at radius 2 is 1.69 bits per heavy atom. The summed E-state index contributed by atoms with van der Waals surface area (Å²) in [4.78, 5) is 0. The summed E-state index contributed by atoms with van der Waals surface area (Å²) in [5, 5.41) is 9.68. The summed E-state index contributed by atoms with van der Waals surface area (Å²) in [5.74, 6) is 1.75. The van der Waals surface area contributed by atoms with Crippen LogP contribution >= 0.6 is 0 Å². The Balaban J connectivity index is 2.22. The summed E-state index contributed by atoms with van der Waals surface area (Å²) < 4.78 is 10.5. The smallest absolute Gasteiger partial charge is 0.169 e. The first-order valence-corrected chi connectivity index (χ1v) is 4.89.